The lowest BCUT2D eigenvalue weighted by molar-refractivity contribution is 0.743. The summed E-state index contributed by atoms with van der Waals surface area (Å²) in [5, 5.41) is 3.86. The minimum Gasteiger partial charge on any atom is -0.313 e. The molecule has 2 aliphatic rings. The predicted molar refractivity (Wildman–Crippen MR) is 226 cm³/mol. The van der Waals surface area contributed by atoms with Gasteiger partial charge in [-0.25, -0.2) is 0 Å². The van der Waals surface area contributed by atoms with E-state index in [1.54, 1.807) is 0 Å². The molecule has 2 heterocycles. The van der Waals surface area contributed by atoms with Crippen LogP contribution in [0, 0.1) is 12.8 Å². The van der Waals surface area contributed by atoms with E-state index in [4.69, 9.17) is 0 Å². The van der Waals surface area contributed by atoms with Crippen molar-refractivity contribution in [1.82, 2.24) is 9.13 Å². The van der Waals surface area contributed by atoms with Crippen molar-refractivity contribution in [2.75, 3.05) is 0 Å². The molecular formula is C51H42N2. The van der Waals surface area contributed by atoms with E-state index in [2.05, 4.69) is 188 Å². The maximum absolute atomic E-state index is 2.46. The maximum Gasteiger partial charge on any atom is 0.0541 e. The minimum absolute atomic E-state index is 0.558. The van der Waals surface area contributed by atoms with Gasteiger partial charge in [-0.2, -0.15) is 0 Å². The number of aryl methyl sites for hydroxylation is 1. The first kappa shape index (κ1) is 31.6. The summed E-state index contributed by atoms with van der Waals surface area (Å²) in [7, 11) is 0. The third-order valence-corrected chi connectivity index (χ3v) is 11.6. The first-order valence-corrected chi connectivity index (χ1v) is 19.0. The summed E-state index contributed by atoms with van der Waals surface area (Å²) >= 11 is 0. The molecule has 0 spiro atoms. The summed E-state index contributed by atoms with van der Waals surface area (Å²) in [5.41, 5.74) is 19.4. The number of fused-ring (bicyclic) bond motifs is 6. The zero-order valence-electron chi connectivity index (χ0n) is 30.6. The van der Waals surface area contributed by atoms with Crippen LogP contribution in [0.2, 0.25) is 0 Å². The summed E-state index contributed by atoms with van der Waals surface area (Å²) in [6.45, 7) is 6.81. The second kappa shape index (κ2) is 12.5. The van der Waals surface area contributed by atoms with E-state index in [9.17, 15) is 0 Å². The Hall–Kier alpha value is -6.12. The number of rotatable bonds is 5. The molecule has 0 saturated carbocycles. The molecule has 0 N–H and O–H groups in total. The summed E-state index contributed by atoms with van der Waals surface area (Å²) < 4.78 is 4.91. The molecule has 2 aliphatic carbocycles. The smallest absolute Gasteiger partial charge is 0.0541 e. The zero-order chi connectivity index (χ0) is 35.6. The van der Waals surface area contributed by atoms with Crippen LogP contribution in [-0.2, 0) is 6.42 Å². The highest BCUT2D eigenvalue weighted by atomic mass is 15.0. The molecule has 1 atom stereocenters. The fraction of sp³-hybridized carbons (Fsp3) is 0.137. The number of hydrogen-bond donors (Lipinski definition) is 0. The lowest BCUT2D eigenvalue weighted by atomic mass is 9.84. The third kappa shape index (κ3) is 5.24. The number of benzene rings is 6. The van der Waals surface area contributed by atoms with Crippen LogP contribution in [-0.4, -0.2) is 9.13 Å². The van der Waals surface area contributed by atoms with Crippen molar-refractivity contribution in [3.05, 3.63) is 180 Å². The van der Waals surface area contributed by atoms with Gasteiger partial charge in [0, 0.05) is 38.8 Å². The van der Waals surface area contributed by atoms with Crippen molar-refractivity contribution >= 4 is 44.4 Å². The first-order chi connectivity index (χ1) is 26.0. The average molecular weight is 683 g/mol. The minimum atomic E-state index is 0.558. The Bertz CT molecular complexity index is 2830. The van der Waals surface area contributed by atoms with E-state index in [-0.39, 0.29) is 0 Å². The molecule has 8 aromatic rings. The number of para-hydroxylation sites is 2. The molecule has 0 aliphatic heterocycles. The van der Waals surface area contributed by atoms with Gasteiger partial charge in [0.25, 0.3) is 0 Å². The monoisotopic (exact) mass is 682 g/mol. The molecule has 10 rings (SSSR count). The molecule has 0 radical (unpaired) electrons. The van der Waals surface area contributed by atoms with Gasteiger partial charge >= 0.3 is 0 Å². The maximum atomic E-state index is 2.46. The van der Waals surface area contributed by atoms with Gasteiger partial charge in [-0.1, -0.05) is 104 Å². The van der Waals surface area contributed by atoms with E-state index >= 15 is 0 Å². The normalized spacial score (nSPS) is 15.6. The van der Waals surface area contributed by atoms with E-state index in [1.807, 2.05) is 0 Å². The van der Waals surface area contributed by atoms with Crippen molar-refractivity contribution < 1.29 is 0 Å². The topological polar surface area (TPSA) is 9.86 Å². The van der Waals surface area contributed by atoms with E-state index in [0.29, 0.717) is 5.92 Å². The third-order valence-electron chi connectivity index (χ3n) is 11.6. The predicted octanol–water partition coefficient (Wildman–Crippen LogP) is 13.7. The molecule has 6 aromatic carbocycles. The molecule has 2 nitrogen and oxygen atoms in total. The van der Waals surface area contributed by atoms with Crippen LogP contribution in [0.3, 0.4) is 0 Å². The fourth-order valence-corrected chi connectivity index (χ4v) is 8.94. The van der Waals surface area contributed by atoms with Crippen LogP contribution < -0.4 is 0 Å². The van der Waals surface area contributed by atoms with Gasteiger partial charge in [-0.3, -0.25) is 0 Å². The van der Waals surface area contributed by atoms with Gasteiger partial charge in [0.15, 0.2) is 0 Å². The van der Waals surface area contributed by atoms with Gasteiger partial charge in [0.1, 0.15) is 0 Å². The molecule has 2 aromatic heterocycles. The Balaban J connectivity index is 1.08. The van der Waals surface area contributed by atoms with Gasteiger partial charge in [-0.15, -0.1) is 0 Å². The molecule has 0 saturated heterocycles. The molecular weight excluding hydrogens is 641 g/mol. The molecule has 0 amide bonds. The summed E-state index contributed by atoms with van der Waals surface area (Å²) in [6, 6.07) is 49.8. The molecule has 53 heavy (non-hydrogen) atoms. The van der Waals surface area contributed by atoms with Gasteiger partial charge in [-0.05, 0) is 144 Å². The molecule has 0 bridgehead atoms. The Morgan fingerprint density at radius 2 is 1.23 bits per heavy atom. The van der Waals surface area contributed by atoms with Crippen molar-refractivity contribution in [2.24, 2.45) is 5.92 Å². The number of allylic oxidation sites excluding steroid dienone is 5. The van der Waals surface area contributed by atoms with Crippen molar-refractivity contribution in [2.45, 2.75) is 40.0 Å². The largest absolute Gasteiger partial charge is 0.313 e. The fourth-order valence-electron chi connectivity index (χ4n) is 8.94. The highest BCUT2D eigenvalue weighted by molar-refractivity contribution is 6.11. The highest BCUT2D eigenvalue weighted by Crippen LogP contribution is 2.40. The van der Waals surface area contributed by atoms with Crippen LogP contribution in [0.25, 0.3) is 78.0 Å². The van der Waals surface area contributed by atoms with Crippen LogP contribution >= 0.6 is 0 Å². The summed E-state index contributed by atoms with van der Waals surface area (Å²) in [4.78, 5) is 0. The number of aromatic nitrogens is 2. The van der Waals surface area contributed by atoms with Crippen LogP contribution in [0.4, 0.5) is 0 Å². The number of nitrogens with zero attached hydrogens (tertiary/aromatic N) is 2. The molecule has 1 unspecified atom stereocenters. The molecule has 2 heteroatoms. The lowest BCUT2D eigenvalue weighted by Crippen LogP contribution is -2.02. The molecule has 256 valence electrons. The summed E-state index contributed by atoms with van der Waals surface area (Å²) in [6.07, 6.45) is 12.5. The Morgan fingerprint density at radius 3 is 2.08 bits per heavy atom. The Morgan fingerprint density at radius 1 is 0.547 bits per heavy atom. The van der Waals surface area contributed by atoms with Crippen LogP contribution in [0.5, 0.6) is 0 Å². The second-order valence-electron chi connectivity index (χ2n) is 15.1. The second-order valence-corrected chi connectivity index (χ2v) is 15.1. The van der Waals surface area contributed by atoms with E-state index in [0.717, 1.165) is 19.3 Å². The van der Waals surface area contributed by atoms with Crippen molar-refractivity contribution in [1.29, 1.82) is 0 Å². The van der Waals surface area contributed by atoms with Crippen molar-refractivity contribution in [3.8, 4) is 33.6 Å². The van der Waals surface area contributed by atoms with Crippen LogP contribution in [0.15, 0.2) is 157 Å². The Kier molecular flexibility index (Phi) is 7.47. The van der Waals surface area contributed by atoms with Crippen molar-refractivity contribution in [3.63, 3.8) is 0 Å². The standard InChI is InChI=1S/C51H42N2/c1-33-20-21-34(2)44(28-33)45-30-37(23-22-35(45)3)36-12-11-15-41(29-36)53-49-19-10-8-17-43(49)47-32-39(25-27-51(47)53)38-24-26-50-46(31-38)42-16-7-9-18-48(42)52(50)40-13-5-4-6-14-40/h4-8,10-17,19-27,29-33H,9,18,28H2,1-3H3. The van der Waals surface area contributed by atoms with Gasteiger partial charge in [0.2, 0.25) is 0 Å². The Labute approximate surface area is 311 Å². The zero-order valence-corrected chi connectivity index (χ0v) is 30.6. The SMILES string of the molecule is CC1=C(c2cc(-c3cccc(-n4c5ccccc5c5cc(-c6ccc7c(c6)c6c(n7-c7ccccc7)CCC=C6)ccc54)c3)ccc2C)CC(C)C=C1. The molecule has 0 fully saturated rings. The average Bonchev–Trinajstić information content (AvgIpc) is 3.72. The lowest BCUT2D eigenvalue weighted by Gasteiger charge is -2.21. The highest BCUT2D eigenvalue weighted by Gasteiger charge is 2.20. The number of hydrogen-bond acceptors (Lipinski definition) is 0. The van der Waals surface area contributed by atoms with Gasteiger partial charge in [0.05, 0.1) is 16.6 Å². The van der Waals surface area contributed by atoms with Gasteiger partial charge < -0.3 is 9.13 Å². The van der Waals surface area contributed by atoms with E-state index < -0.39 is 0 Å². The first-order valence-electron chi connectivity index (χ1n) is 19.0. The van der Waals surface area contributed by atoms with Crippen LogP contribution in [0.1, 0.15) is 49.1 Å². The van der Waals surface area contributed by atoms with E-state index in [1.165, 1.54) is 99.9 Å². The quantitative estimate of drug-likeness (QED) is 0.171. The summed E-state index contributed by atoms with van der Waals surface area (Å²) in [5.74, 6) is 0.558.